The molecule has 5 nitrogen and oxygen atoms in total. The summed E-state index contributed by atoms with van der Waals surface area (Å²) in [5, 5.41) is 8.33. The molecular formula is C23H24F3IN4O. The van der Waals surface area contributed by atoms with Gasteiger partial charge in [0.1, 0.15) is 11.4 Å². The molecule has 9 heteroatoms. The number of rotatable bonds is 4. The zero-order valence-corrected chi connectivity index (χ0v) is 19.9. The highest BCUT2D eigenvalue weighted by Crippen LogP contribution is 2.36. The number of benzene rings is 1. The summed E-state index contributed by atoms with van der Waals surface area (Å²) >= 11 is 2.50. The first-order chi connectivity index (χ1) is 15.1. The van der Waals surface area contributed by atoms with Crippen molar-refractivity contribution in [2.45, 2.75) is 55.7 Å². The van der Waals surface area contributed by atoms with Gasteiger partial charge in [-0.3, -0.25) is 9.48 Å². The van der Waals surface area contributed by atoms with Gasteiger partial charge in [-0.1, -0.05) is 35.6 Å². The van der Waals surface area contributed by atoms with Gasteiger partial charge in [-0.25, -0.2) is 4.98 Å². The number of pyridine rings is 1. The number of nitrogens with zero attached hydrogens (tertiary/aromatic N) is 3. The van der Waals surface area contributed by atoms with E-state index in [0.29, 0.717) is 15.7 Å². The third-order valence-electron chi connectivity index (χ3n) is 6.15. The number of aryl methyl sites for hydroxylation is 1. The normalized spacial score (nSPS) is 20.3. The standard InChI is InChI=1S/C23H24F3IN4O/c1-13-10-20-16(12-31(30-20)17-8-6-15(7-9-17)14(2)27)11-19(13)29-22(32)18-4-3-5-21(28-18)23(24,25)26/h3-5,10-12,14-15,17H,6-9H2,1-2H3,(H,29,32)/t14?,15-,17-. The van der Waals surface area contributed by atoms with Crippen molar-refractivity contribution in [1.29, 1.82) is 0 Å². The van der Waals surface area contributed by atoms with Crippen LogP contribution in [0.4, 0.5) is 18.9 Å². The first-order valence-corrected chi connectivity index (χ1v) is 11.9. The maximum Gasteiger partial charge on any atom is 0.433 e. The summed E-state index contributed by atoms with van der Waals surface area (Å²) in [5.41, 5.74) is 0.776. The van der Waals surface area contributed by atoms with Crippen LogP contribution in [0.15, 0.2) is 36.5 Å². The van der Waals surface area contributed by atoms with E-state index < -0.39 is 17.8 Å². The average molecular weight is 556 g/mol. The molecule has 2 aromatic heterocycles. The van der Waals surface area contributed by atoms with Crippen LogP contribution < -0.4 is 5.32 Å². The molecule has 1 amide bonds. The monoisotopic (exact) mass is 556 g/mol. The van der Waals surface area contributed by atoms with Crippen LogP contribution in [-0.4, -0.2) is 24.6 Å². The van der Waals surface area contributed by atoms with Gasteiger partial charge in [0.15, 0.2) is 0 Å². The molecule has 1 unspecified atom stereocenters. The van der Waals surface area contributed by atoms with Gasteiger partial charge >= 0.3 is 6.18 Å². The van der Waals surface area contributed by atoms with Crippen LogP contribution in [-0.2, 0) is 6.18 Å². The summed E-state index contributed by atoms with van der Waals surface area (Å²) in [7, 11) is 0. The zero-order valence-electron chi connectivity index (χ0n) is 17.8. The van der Waals surface area contributed by atoms with Crippen LogP contribution in [0.2, 0.25) is 0 Å². The Hall–Kier alpha value is -2.17. The number of carbonyl (C=O) groups is 1. The zero-order chi connectivity index (χ0) is 23.0. The molecule has 0 bridgehead atoms. The molecule has 1 saturated carbocycles. The van der Waals surface area contributed by atoms with Crippen molar-refractivity contribution in [3.63, 3.8) is 0 Å². The number of nitrogens with one attached hydrogen (secondary N) is 1. The second kappa shape index (κ2) is 8.99. The van der Waals surface area contributed by atoms with Crippen LogP contribution in [0.5, 0.6) is 0 Å². The van der Waals surface area contributed by atoms with Crippen LogP contribution in [0.3, 0.4) is 0 Å². The molecule has 1 fully saturated rings. The summed E-state index contributed by atoms with van der Waals surface area (Å²) in [6.07, 6.45) is 1.95. The number of fused-ring (bicyclic) bond motifs is 1. The smallest absolute Gasteiger partial charge is 0.320 e. The van der Waals surface area contributed by atoms with Crippen molar-refractivity contribution in [3.05, 3.63) is 53.5 Å². The van der Waals surface area contributed by atoms with Crippen molar-refractivity contribution in [3.8, 4) is 0 Å². The van der Waals surface area contributed by atoms with Crippen LogP contribution in [0.25, 0.3) is 10.9 Å². The lowest BCUT2D eigenvalue weighted by molar-refractivity contribution is -0.141. The van der Waals surface area contributed by atoms with Gasteiger partial charge in [0.25, 0.3) is 5.91 Å². The van der Waals surface area contributed by atoms with Gasteiger partial charge in [0, 0.05) is 21.2 Å². The molecule has 4 rings (SSSR count). The van der Waals surface area contributed by atoms with Crippen LogP contribution in [0.1, 0.15) is 60.4 Å². The number of halogens is 4. The van der Waals surface area contributed by atoms with E-state index in [4.69, 9.17) is 5.10 Å². The third-order valence-corrected chi connectivity index (χ3v) is 7.17. The van der Waals surface area contributed by atoms with Gasteiger partial charge in [-0.05, 0) is 68.4 Å². The van der Waals surface area contributed by atoms with E-state index in [-0.39, 0.29) is 5.69 Å². The largest absolute Gasteiger partial charge is 0.433 e. The molecule has 0 saturated heterocycles. The van der Waals surface area contributed by atoms with E-state index in [1.54, 1.807) is 0 Å². The predicted octanol–water partition coefficient (Wildman–Crippen LogP) is 6.57. The average Bonchev–Trinajstić information content (AvgIpc) is 3.16. The van der Waals surface area contributed by atoms with E-state index in [1.165, 1.54) is 25.0 Å². The molecule has 170 valence electrons. The quantitative estimate of drug-likeness (QED) is 0.292. The molecule has 1 atom stereocenters. The maximum atomic E-state index is 12.9. The fourth-order valence-corrected chi connectivity index (χ4v) is 4.97. The Morgan fingerprint density at radius 1 is 1.22 bits per heavy atom. The number of carbonyl (C=O) groups excluding carboxylic acids is 1. The van der Waals surface area contributed by atoms with E-state index in [0.717, 1.165) is 41.3 Å². The minimum atomic E-state index is -4.60. The number of hydrogen-bond donors (Lipinski definition) is 1. The van der Waals surface area contributed by atoms with Crippen molar-refractivity contribution in [2.75, 3.05) is 5.32 Å². The Kier molecular flexibility index (Phi) is 6.46. The molecule has 1 aliphatic rings. The van der Waals surface area contributed by atoms with Gasteiger partial charge in [0.2, 0.25) is 0 Å². The molecular weight excluding hydrogens is 532 g/mol. The predicted molar refractivity (Wildman–Crippen MR) is 126 cm³/mol. The lowest BCUT2D eigenvalue weighted by Crippen LogP contribution is -2.22. The molecule has 1 aromatic carbocycles. The molecule has 0 radical (unpaired) electrons. The minimum absolute atomic E-state index is 0.281. The molecule has 0 aliphatic heterocycles. The molecule has 32 heavy (non-hydrogen) atoms. The Labute approximate surface area is 197 Å². The number of alkyl halides is 4. The molecule has 2 heterocycles. The molecule has 0 spiro atoms. The summed E-state index contributed by atoms with van der Waals surface area (Å²) < 4.78 is 41.4. The number of hydrogen-bond acceptors (Lipinski definition) is 3. The van der Waals surface area contributed by atoms with Crippen molar-refractivity contribution in [2.24, 2.45) is 5.92 Å². The van der Waals surface area contributed by atoms with Crippen molar-refractivity contribution in [1.82, 2.24) is 14.8 Å². The van der Waals surface area contributed by atoms with Crippen molar-refractivity contribution >= 4 is 45.1 Å². The number of anilines is 1. The second-order valence-corrected chi connectivity index (χ2v) is 10.4. The minimum Gasteiger partial charge on any atom is -0.320 e. The van der Waals surface area contributed by atoms with E-state index in [9.17, 15) is 18.0 Å². The molecule has 3 aromatic rings. The highest BCUT2D eigenvalue weighted by Gasteiger charge is 2.33. The first-order valence-electron chi connectivity index (χ1n) is 10.6. The van der Waals surface area contributed by atoms with E-state index >= 15 is 0 Å². The summed E-state index contributed by atoms with van der Waals surface area (Å²) in [5.74, 6) is 0.0718. The fraction of sp³-hybridized carbons (Fsp3) is 0.435. The molecule has 1 aliphatic carbocycles. The van der Waals surface area contributed by atoms with E-state index in [2.05, 4.69) is 39.8 Å². The second-order valence-electron chi connectivity index (χ2n) is 8.44. The Morgan fingerprint density at radius 2 is 1.94 bits per heavy atom. The third kappa shape index (κ3) is 4.92. The van der Waals surface area contributed by atoms with E-state index in [1.807, 2.05) is 29.9 Å². The summed E-state index contributed by atoms with van der Waals surface area (Å²) in [6, 6.07) is 7.36. The first kappa shape index (κ1) is 23.0. The Balaban J connectivity index is 1.53. The Morgan fingerprint density at radius 3 is 2.59 bits per heavy atom. The molecule has 1 N–H and O–H groups in total. The summed E-state index contributed by atoms with van der Waals surface area (Å²) in [6.45, 7) is 4.10. The Bertz CT molecular complexity index is 1130. The lowest BCUT2D eigenvalue weighted by atomic mass is 9.84. The lowest BCUT2D eigenvalue weighted by Gasteiger charge is -2.30. The van der Waals surface area contributed by atoms with Gasteiger partial charge in [-0.2, -0.15) is 18.3 Å². The van der Waals surface area contributed by atoms with Gasteiger partial charge in [-0.15, -0.1) is 0 Å². The van der Waals surface area contributed by atoms with Gasteiger partial charge < -0.3 is 5.32 Å². The number of aromatic nitrogens is 3. The topological polar surface area (TPSA) is 59.8 Å². The highest BCUT2D eigenvalue weighted by molar-refractivity contribution is 14.1. The van der Waals surface area contributed by atoms with Crippen LogP contribution >= 0.6 is 22.6 Å². The van der Waals surface area contributed by atoms with Gasteiger partial charge in [0.05, 0.1) is 11.6 Å². The highest BCUT2D eigenvalue weighted by atomic mass is 127. The maximum absolute atomic E-state index is 12.9. The SMILES string of the molecule is Cc1cc2nn([C@H]3CC[C@H](C(C)I)CC3)cc2cc1NC(=O)c1cccc(C(F)(F)F)n1. The van der Waals surface area contributed by atoms with Crippen LogP contribution in [0, 0.1) is 12.8 Å². The fourth-order valence-electron chi connectivity index (χ4n) is 4.25. The van der Waals surface area contributed by atoms with Crippen molar-refractivity contribution < 1.29 is 18.0 Å². The number of amides is 1. The summed E-state index contributed by atoms with van der Waals surface area (Å²) in [4.78, 5) is 16.0.